The number of carbonyl (C=O) groups is 2. The van der Waals surface area contributed by atoms with Crippen molar-refractivity contribution in [1.82, 2.24) is 19.7 Å². The number of amides is 2. The van der Waals surface area contributed by atoms with Crippen LogP contribution in [0.1, 0.15) is 25.1 Å². The lowest BCUT2D eigenvalue weighted by Gasteiger charge is -2.03. The summed E-state index contributed by atoms with van der Waals surface area (Å²) in [5.74, 6) is 0.0445. The summed E-state index contributed by atoms with van der Waals surface area (Å²) in [4.78, 5) is 32.2. The molecule has 0 saturated carbocycles. The summed E-state index contributed by atoms with van der Waals surface area (Å²) in [6.45, 7) is 4.20. The Balaban J connectivity index is 1.52. The van der Waals surface area contributed by atoms with Crippen LogP contribution in [-0.2, 0) is 22.6 Å². The minimum absolute atomic E-state index is 0.0977. The number of nitrogens with zero attached hydrogens (tertiary/aromatic N) is 4. The van der Waals surface area contributed by atoms with Crippen molar-refractivity contribution >= 4 is 34.1 Å². The third-order valence-corrected chi connectivity index (χ3v) is 4.43. The molecule has 0 spiro atoms. The molecule has 3 heterocycles. The van der Waals surface area contributed by atoms with Gasteiger partial charge in [0.05, 0.1) is 18.7 Å². The van der Waals surface area contributed by atoms with Crippen LogP contribution in [0.25, 0.3) is 0 Å². The van der Waals surface area contributed by atoms with Crippen LogP contribution in [0.2, 0.25) is 0 Å². The molecule has 0 bridgehead atoms. The van der Waals surface area contributed by atoms with Gasteiger partial charge in [0.1, 0.15) is 0 Å². The van der Waals surface area contributed by atoms with Crippen molar-refractivity contribution in [2.24, 2.45) is 5.92 Å². The highest BCUT2D eigenvalue weighted by Crippen LogP contribution is 2.17. The third-order valence-electron chi connectivity index (χ3n) is 3.62. The second-order valence-corrected chi connectivity index (χ2v) is 7.13. The van der Waals surface area contributed by atoms with Gasteiger partial charge in [0.25, 0.3) is 0 Å². The summed E-state index contributed by atoms with van der Waals surface area (Å²) >= 11 is 1.30. The second-order valence-electron chi connectivity index (χ2n) is 6.27. The zero-order chi connectivity index (χ0) is 19.2. The van der Waals surface area contributed by atoms with Crippen molar-refractivity contribution in [3.8, 4) is 0 Å². The lowest BCUT2D eigenvalue weighted by atomic mass is 10.2. The molecule has 27 heavy (non-hydrogen) atoms. The van der Waals surface area contributed by atoms with Crippen molar-refractivity contribution < 1.29 is 9.59 Å². The molecule has 0 saturated heterocycles. The largest absolute Gasteiger partial charge is 0.309 e. The predicted octanol–water partition coefficient (Wildman–Crippen LogP) is 2.56. The number of thiazole rings is 1. The molecule has 140 valence electrons. The van der Waals surface area contributed by atoms with E-state index in [-0.39, 0.29) is 24.2 Å². The molecule has 0 aliphatic rings. The lowest BCUT2D eigenvalue weighted by molar-refractivity contribution is -0.119. The summed E-state index contributed by atoms with van der Waals surface area (Å²) in [5, 5.41) is 12.1. The Morgan fingerprint density at radius 3 is 2.85 bits per heavy atom. The molecule has 3 rings (SSSR count). The van der Waals surface area contributed by atoms with Gasteiger partial charge >= 0.3 is 0 Å². The number of nitrogens with one attached hydrogen (secondary N) is 2. The van der Waals surface area contributed by atoms with Crippen LogP contribution in [0.15, 0.2) is 42.2 Å². The van der Waals surface area contributed by atoms with E-state index in [0.29, 0.717) is 23.2 Å². The minimum atomic E-state index is -0.214. The van der Waals surface area contributed by atoms with Gasteiger partial charge in [0.15, 0.2) is 10.9 Å². The number of hydrogen-bond acceptors (Lipinski definition) is 6. The summed E-state index contributed by atoms with van der Waals surface area (Å²) in [7, 11) is 0. The maximum absolute atomic E-state index is 12.2. The van der Waals surface area contributed by atoms with E-state index in [0.717, 1.165) is 5.56 Å². The average Bonchev–Trinajstić information content (AvgIpc) is 3.25. The van der Waals surface area contributed by atoms with Gasteiger partial charge in [-0.2, -0.15) is 5.10 Å². The molecule has 9 heteroatoms. The molecular formula is C18H20N6O2S. The summed E-state index contributed by atoms with van der Waals surface area (Å²) < 4.78 is 1.73. The van der Waals surface area contributed by atoms with E-state index in [9.17, 15) is 9.59 Å². The first-order valence-corrected chi connectivity index (χ1v) is 9.35. The molecular weight excluding hydrogens is 364 g/mol. The first-order valence-electron chi connectivity index (χ1n) is 8.47. The highest BCUT2D eigenvalue weighted by Gasteiger charge is 2.12. The number of anilines is 2. The van der Waals surface area contributed by atoms with E-state index < -0.39 is 0 Å². The molecule has 3 aromatic heterocycles. The zero-order valence-electron chi connectivity index (χ0n) is 15.0. The zero-order valence-corrected chi connectivity index (χ0v) is 15.9. The number of rotatable bonds is 7. The molecule has 0 radical (unpaired) electrons. The van der Waals surface area contributed by atoms with Crippen LogP contribution < -0.4 is 10.6 Å². The standard InChI is InChI=1S/C18H20N6O2S/c1-12(2)17(26)22-18-20-14(11-27-18)8-16(25)21-15-5-7-24(23-15)10-13-4-3-6-19-9-13/h3-7,9,11-12H,8,10H2,1-2H3,(H,20,22,26)(H,21,23,25). The fourth-order valence-electron chi connectivity index (χ4n) is 2.24. The van der Waals surface area contributed by atoms with E-state index in [1.165, 1.54) is 11.3 Å². The summed E-state index contributed by atoms with van der Waals surface area (Å²) in [6, 6.07) is 5.57. The normalized spacial score (nSPS) is 10.8. The van der Waals surface area contributed by atoms with Gasteiger partial charge < -0.3 is 10.6 Å². The van der Waals surface area contributed by atoms with Gasteiger partial charge in [-0.25, -0.2) is 4.98 Å². The molecule has 2 amide bonds. The maximum atomic E-state index is 12.2. The van der Waals surface area contributed by atoms with Gasteiger partial charge in [-0.3, -0.25) is 19.3 Å². The molecule has 0 fully saturated rings. The number of carbonyl (C=O) groups excluding carboxylic acids is 2. The minimum Gasteiger partial charge on any atom is -0.309 e. The molecule has 0 atom stereocenters. The van der Waals surface area contributed by atoms with Crippen molar-refractivity contribution in [2.75, 3.05) is 10.6 Å². The van der Waals surface area contributed by atoms with E-state index in [4.69, 9.17) is 0 Å². The predicted molar refractivity (Wildman–Crippen MR) is 103 cm³/mol. The van der Waals surface area contributed by atoms with Crippen LogP contribution in [0, 0.1) is 5.92 Å². The molecule has 8 nitrogen and oxygen atoms in total. The number of aromatic nitrogens is 4. The van der Waals surface area contributed by atoms with Crippen LogP contribution in [-0.4, -0.2) is 31.6 Å². The molecule has 0 aromatic carbocycles. The van der Waals surface area contributed by atoms with Gasteiger partial charge in [-0.05, 0) is 11.6 Å². The van der Waals surface area contributed by atoms with E-state index in [2.05, 4.69) is 25.7 Å². The van der Waals surface area contributed by atoms with E-state index in [1.807, 2.05) is 26.0 Å². The molecule has 0 unspecified atom stereocenters. The quantitative estimate of drug-likeness (QED) is 0.652. The van der Waals surface area contributed by atoms with Crippen molar-refractivity contribution in [2.45, 2.75) is 26.8 Å². The van der Waals surface area contributed by atoms with Gasteiger partial charge in [-0.1, -0.05) is 19.9 Å². The average molecular weight is 384 g/mol. The number of pyridine rings is 1. The third kappa shape index (κ3) is 5.45. The Bertz CT molecular complexity index is 919. The Hall–Kier alpha value is -3.07. The number of hydrogen-bond donors (Lipinski definition) is 2. The molecule has 2 N–H and O–H groups in total. The Labute approximate surface area is 160 Å². The fourth-order valence-corrected chi connectivity index (χ4v) is 2.96. The first-order chi connectivity index (χ1) is 13.0. The van der Waals surface area contributed by atoms with Crippen LogP contribution >= 0.6 is 11.3 Å². The van der Waals surface area contributed by atoms with Gasteiger partial charge in [-0.15, -0.1) is 11.3 Å². The topological polar surface area (TPSA) is 102 Å². The van der Waals surface area contributed by atoms with Crippen LogP contribution in [0.5, 0.6) is 0 Å². The van der Waals surface area contributed by atoms with E-state index >= 15 is 0 Å². The smallest absolute Gasteiger partial charge is 0.231 e. The second kappa shape index (κ2) is 8.54. The van der Waals surface area contributed by atoms with Gasteiger partial charge in [0, 0.05) is 36.0 Å². The Kier molecular flexibility index (Phi) is 5.92. The SMILES string of the molecule is CC(C)C(=O)Nc1nc(CC(=O)Nc2ccn(Cc3cccnc3)n2)cs1. The van der Waals surface area contributed by atoms with E-state index in [1.54, 1.807) is 34.7 Å². The Morgan fingerprint density at radius 1 is 1.26 bits per heavy atom. The van der Waals surface area contributed by atoms with Crippen molar-refractivity contribution in [1.29, 1.82) is 0 Å². The summed E-state index contributed by atoms with van der Waals surface area (Å²) in [6.07, 6.45) is 5.41. The molecule has 0 aliphatic carbocycles. The molecule has 3 aromatic rings. The maximum Gasteiger partial charge on any atom is 0.231 e. The summed E-state index contributed by atoms with van der Waals surface area (Å²) in [5.41, 5.74) is 1.63. The highest BCUT2D eigenvalue weighted by atomic mass is 32.1. The highest BCUT2D eigenvalue weighted by molar-refractivity contribution is 7.13. The fraction of sp³-hybridized carbons (Fsp3) is 0.278. The van der Waals surface area contributed by atoms with Crippen molar-refractivity contribution in [3.05, 3.63) is 53.4 Å². The lowest BCUT2D eigenvalue weighted by Crippen LogP contribution is -2.18. The Morgan fingerprint density at radius 2 is 2.11 bits per heavy atom. The van der Waals surface area contributed by atoms with Crippen molar-refractivity contribution in [3.63, 3.8) is 0 Å². The van der Waals surface area contributed by atoms with Crippen LogP contribution in [0.4, 0.5) is 10.9 Å². The molecule has 0 aliphatic heterocycles. The van der Waals surface area contributed by atoms with Crippen LogP contribution in [0.3, 0.4) is 0 Å². The monoisotopic (exact) mass is 384 g/mol. The first kappa shape index (κ1) is 18.7. The van der Waals surface area contributed by atoms with Gasteiger partial charge in [0.2, 0.25) is 11.8 Å².